The summed E-state index contributed by atoms with van der Waals surface area (Å²) in [6, 6.07) is 0. The fraction of sp³-hybridized carbons (Fsp3) is 0.636. The molecule has 1 rings (SSSR count). The van der Waals surface area contributed by atoms with Crippen LogP contribution in [-0.4, -0.2) is 48.8 Å². The van der Waals surface area contributed by atoms with Crippen LogP contribution in [0.1, 0.15) is 20.8 Å². The molecule has 106 valence electrons. The molecule has 0 aromatic heterocycles. The Balaban J connectivity index is 2.79. The van der Waals surface area contributed by atoms with Crippen molar-refractivity contribution in [3.05, 3.63) is 0 Å². The first-order chi connectivity index (χ1) is 8.81. The van der Waals surface area contributed by atoms with Gasteiger partial charge in [0.1, 0.15) is 6.61 Å². The Morgan fingerprint density at radius 1 is 1.05 bits per heavy atom. The van der Waals surface area contributed by atoms with Crippen molar-refractivity contribution >= 4 is 23.9 Å². The van der Waals surface area contributed by atoms with E-state index in [4.69, 9.17) is 18.9 Å². The van der Waals surface area contributed by atoms with Gasteiger partial charge in [-0.25, -0.2) is 4.79 Å². The number of esters is 4. The second-order valence-corrected chi connectivity index (χ2v) is 3.88. The van der Waals surface area contributed by atoms with E-state index in [-0.39, 0.29) is 6.61 Å². The summed E-state index contributed by atoms with van der Waals surface area (Å²) in [6.45, 7) is 3.14. The maximum Gasteiger partial charge on any atom is 0.352 e. The molecule has 0 aliphatic carbocycles. The van der Waals surface area contributed by atoms with Crippen molar-refractivity contribution in [2.24, 2.45) is 0 Å². The van der Waals surface area contributed by atoms with E-state index < -0.39 is 42.2 Å². The van der Waals surface area contributed by atoms with Crippen LogP contribution in [-0.2, 0) is 38.1 Å². The first kappa shape index (κ1) is 14.9. The minimum absolute atomic E-state index is 0.281. The lowest BCUT2D eigenvalue weighted by molar-refractivity contribution is -0.166. The molecule has 0 unspecified atom stereocenters. The van der Waals surface area contributed by atoms with E-state index in [0.29, 0.717) is 0 Å². The predicted octanol–water partition coefficient (Wildman–Crippen LogP) is -0.662. The minimum atomic E-state index is -1.35. The highest BCUT2D eigenvalue weighted by atomic mass is 16.7. The summed E-state index contributed by atoms with van der Waals surface area (Å²) in [4.78, 5) is 44.1. The summed E-state index contributed by atoms with van der Waals surface area (Å²) in [5.41, 5.74) is 0. The molecule has 1 fully saturated rings. The predicted molar refractivity (Wildman–Crippen MR) is 57.6 cm³/mol. The van der Waals surface area contributed by atoms with Crippen LogP contribution in [0.15, 0.2) is 0 Å². The van der Waals surface area contributed by atoms with Crippen molar-refractivity contribution in [3.63, 3.8) is 0 Å². The molecule has 1 heterocycles. The molecule has 19 heavy (non-hydrogen) atoms. The zero-order chi connectivity index (χ0) is 14.6. The molecule has 8 heteroatoms. The summed E-state index contributed by atoms with van der Waals surface area (Å²) >= 11 is 0. The molecule has 0 amide bonds. The average Bonchev–Trinajstić information content (AvgIpc) is 2.53. The molecule has 0 radical (unpaired) electrons. The van der Waals surface area contributed by atoms with E-state index >= 15 is 0 Å². The second kappa shape index (κ2) is 6.17. The summed E-state index contributed by atoms with van der Waals surface area (Å²) in [5.74, 6) is -2.81. The lowest BCUT2D eigenvalue weighted by Gasteiger charge is -2.19. The molecular weight excluding hydrogens is 260 g/mol. The number of rotatable bonds is 4. The van der Waals surface area contributed by atoms with Crippen molar-refractivity contribution in [2.75, 3.05) is 6.61 Å². The summed E-state index contributed by atoms with van der Waals surface area (Å²) in [5, 5.41) is 0. The quantitative estimate of drug-likeness (QED) is 0.491. The number of cyclic esters (lactones) is 1. The third kappa shape index (κ3) is 4.23. The van der Waals surface area contributed by atoms with Gasteiger partial charge in [-0.05, 0) is 0 Å². The highest BCUT2D eigenvalue weighted by molar-refractivity contribution is 5.82. The highest BCUT2D eigenvalue weighted by Gasteiger charge is 2.50. The molecule has 1 aliphatic rings. The van der Waals surface area contributed by atoms with E-state index in [2.05, 4.69) is 0 Å². The number of carbonyl (C=O) groups excluding carboxylic acids is 4. The molecule has 0 N–H and O–H groups in total. The van der Waals surface area contributed by atoms with Gasteiger partial charge >= 0.3 is 23.9 Å². The Morgan fingerprint density at radius 2 is 1.63 bits per heavy atom. The smallest absolute Gasteiger partial charge is 0.352 e. The maximum absolute atomic E-state index is 11.5. The van der Waals surface area contributed by atoms with Gasteiger partial charge in [0.15, 0.2) is 12.2 Å². The minimum Gasteiger partial charge on any atom is -0.462 e. The summed E-state index contributed by atoms with van der Waals surface area (Å²) in [6.07, 6.45) is -3.47. The summed E-state index contributed by atoms with van der Waals surface area (Å²) < 4.78 is 19.2. The van der Waals surface area contributed by atoms with Gasteiger partial charge in [0.05, 0.1) is 0 Å². The Morgan fingerprint density at radius 3 is 2.11 bits per heavy atom. The lowest BCUT2D eigenvalue weighted by Crippen LogP contribution is -2.40. The molecule has 0 bridgehead atoms. The van der Waals surface area contributed by atoms with Gasteiger partial charge in [0.25, 0.3) is 0 Å². The molecular formula is C11H14O8. The first-order valence-electron chi connectivity index (χ1n) is 5.49. The normalized spacial score (nSPS) is 25.4. The van der Waals surface area contributed by atoms with Crippen LogP contribution in [0, 0.1) is 0 Å². The van der Waals surface area contributed by atoms with Crippen LogP contribution in [0.2, 0.25) is 0 Å². The van der Waals surface area contributed by atoms with Gasteiger partial charge in [0, 0.05) is 20.8 Å². The number of hydrogen-bond donors (Lipinski definition) is 0. The van der Waals surface area contributed by atoms with Crippen LogP contribution in [0.25, 0.3) is 0 Å². The van der Waals surface area contributed by atoms with Crippen molar-refractivity contribution < 1.29 is 38.1 Å². The van der Waals surface area contributed by atoms with E-state index in [1.54, 1.807) is 0 Å². The van der Waals surface area contributed by atoms with Gasteiger partial charge < -0.3 is 18.9 Å². The van der Waals surface area contributed by atoms with Gasteiger partial charge in [-0.15, -0.1) is 0 Å². The molecule has 0 aromatic carbocycles. The van der Waals surface area contributed by atoms with Crippen molar-refractivity contribution in [1.29, 1.82) is 0 Å². The zero-order valence-corrected chi connectivity index (χ0v) is 10.7. The van der Waals surface area contributed by atoms with Crippen molar-refractivity contribution in [1.82, 2.24) is 0 Å². The largest absolute Gasteiger partial charge is 0.462 e. The molecule has 1 saturated heterocycles. The molecule has 0 aromatic rings. The Bertz CT molecular complexity index is 401. The van der Waals surface area contributed by atoms with Gasteiger partial charge in [-0.2, -0.15) is 0 Å². The van der Waals surface area contributed by atoms with Crippen LogP contribution in [0.5, 0.6) is 0 Å². The van der Waals surface area contributed by atoms with E-state index in [1.165, 1.54) is 6.92 Å². The standard InChI is InChI=1S/C11H14O8/c1-5(12)16-4-8-9(17-6(2)13)10(11(15)19-8)18-7(3)14/h8-10H,4H2,1-3H3/t8-,9+,10+/m1/s1. The fourth-order valence-corrected chi connectivity index (χ4v) is 1.56. The zero-order valence-electron chi connectivity index (χ0n) is 10.7. The van der Waals surface area contributed by atoms with Crippen LogP contribution in [0.3, 0.4) is 0 Å². The molecule has 0 spiro atoms. The maximum atomic E-state index is 11.5. The fourth-order valence-electron chi connectivity index (χ4n) is 1.56. The van der Waals surface area contributed by atoms with Crippen LogP contribution < -0.4 is 0 Å². The topological polar surface area (TPSA) is 105 Å². The number of hydrogen-bond acceptors (Lipinski definition) is 8. The number of ether oxygens (including phenoxy) is 4. The molecule has 8 nitrogen and oxygen atoms in total. The van der Waals surface area contributed by atoms with Crippen LogP contribution >= 0.6 is 0 Å². The van der Waals surface area contributed by atoms with Crippen LogP contribution in [0.4, 0.5) is 0 Å². The third-order valence-electron chi connectivity index (χ3n) is 2.21. The van der Waals surface area contributed by atoms with Crippen molar-refractivity contribution in [2.45, 2.75) is 39.1 Å². The van der Waals surface area contributed by atoms with Gasteiger partial charge in [-0.3, -0.25) is 14.4 Å². The van der Waals surface area contributed by atoms with E-state index in [1.807, 2.05) is 0 Å². The lowest BCUT2D eigenvalue weighted by atomic mass is 10.1. The third-order valence-corrected chi connectivity index (χ3v) is 2.21. The highest BCUT2D eigenvalue weighted by Crippen LogP contribution is 2.23. The van der Waals surface area contributed by atoms with Gasteiger partial charge in [0.2, 0.25) is 6.10 Å². The monoisotopic (exact) mass is 274 g/mol. The van der Waals surface area contributed by atoms with E-state index in [0.717, 1.165) is 13.8 Å². The molecule has 3 atom stereocenters. The molecule has 0 saturated carbocycles. The Labute approximate surface area is 108 Å². The number of carbonyl (C=O) groups is 4. The SMILES string of the molecule is CC(=O)OC[C@H]1OC(=O)[C@@H](OC(C)=O)[C@H]1OC(C)=O. The molecule has 1 aliphatic heterocycles. The Kier molecular flexibility index (Phi) is 4.85. The Hall–Kier alpha value is -2.12. The average molecular weight is 274 g/mol. The van der Waals surface area contributed by atoms with E-state index in [9.17, 15) is 19.2 Å². The first-order valence-corrected chi connectivity index (χ1v) is 5.49. The van der Waals surface area contributed by atoms with Gasteiger partial charge in [-0.1, -0.05) is 0 Å². The summed E-state index contributed by atoms with van der Waals surface area (Å²) in [7, 11) is 0. The van der Waals surface area contributed by atoms with Crippen molar-refractivity contribution in [3.8, 4) is 0 Å². The second-order valence-electron chi connectivity index (χ2n) is 3.88.